The van der Waals surface area contributed by atoms with Crippen LogP contribution in [0.5, 0.6) is 0 Å². The predicted molar refractivity (Wildman–Crippen MR) is 77.2 cm³/mol. The minimum atomic E-state index is -0.479. The van der Waals surface area contributed by atoms with Crippen molar-refractivity contribution in [3.63, 3.8) is 0 Å². The van der Waals surface area contributed by atoms with E-state index in [1.807, 2.05) is 61.5 Å². The number of rotatable bonds is 3. The van der Waals surface area contributed by atoms with Gasteiger partial charge >= 0.3 is 0 Å². The molecule has 0 aliphatic heterocycles. The van der Waals surface area contributed by atoms with Crippen LogP contribution in [0.2, 0.25) is 0 Å². The van der Waals surface area contributed by atoms with Gasteiger partial charge < -0.3 is 14.4 Å². The van der Waals surface area contributed by atoms with Crippen molar-refractivity contribution in [3.05, 3.63) is 48.0 Å². The lowest BCUT2D eigenvalue weighted by atomic mass is 10.1. The quantitative estimate of drug-likeness (QED) is 0.781. The smallest absolute Gasteiger partial charge is 0.135 e. The van der Waals surface area contributed by atoms with E-state index in [1.54, 1.807) is 0 Å². The zero-order chi connectivity index (χ0) is 13.4. The number of aliphatic hydroxyl groups is 1. The molecular weight excluding hydrogens is 238 g/mol. The van der Waals surface area contributed by atoms with Crippen molar-refractivity contribution in [2.45, 2.75) is 6.10 Å². The fourth-order valence-corrected chi connectivity index (χ4v) is 2.40. The zero-order valence-corrected chi connectivity index (χ0v) is 11.1. The molecule has 0 spiro atoms. The standard InChI is InChI=1S/C16H17NO2/c1-17(2)10-14(18)11-7-8-16-13(9-11)12-5-3-4-6-15(12)19-16/h3-9,14,18H,10H2,1-2H3/t14-/m1/s1. The van der Waals surface area contributed by atoms with Crippen molar-refractivity contribution < 1.29 is 9.52 Å². The van der Waals surface area contributed by atoms with Crippen molar-refractivity contribution in [1.29, 1.82) is 0 Å². The monoisotopic (exact) mass is 255 g/mol. The van der Waals surface area contributed by atoms with Crippen molar-refractivity contribution in [1.82, 2.24) is 4.90 Å². The summed E-state index contributed by atoms with van der Waals surface area (Å²) in [5.74, 6) is 0. The molecule has 2 aromatic carbocycles. The third kappa shape index (κ3) is 2.23. The Morgan fingerprint density at radius 3 is 2.58 bits per heavy atom. The molecule has 0 aliphatic rings. The van der Waals surface area contributed by atoms with Gasteiger partial charge in [0.2, 0.25) is 0 Å². The molecule has 1 atom stereocenters. The lowest BCUT2D eigenvalue weighted by molar-refractivity contribution is 0.138. The molecule has 19 heavy (non-hydrogen) atoms. The van der Waals surface area contributed by atoms with Crippen LogP contribution < -0.4 is 0 Å². The van der Waals surface area contributed by atoms with E-state index in [2.05, 4.69) is 0 Å². The van der Waals surface area contributed by atoms with Crippen molar-refractivity contribution >= 4 is 21.9 Å². The van der Waals surface area contributed by atoms with Crippen LogP contribution in [0.1, 0.15) is 11.7 Å². The van der Waals surface area contributed by atoms with Crippen molar-refractivity contribution in [2.24, 2.45) is 0 Å². The molecule has 98 valence electrons. The lowest BCUT2D eigenvalue weighted by Crippen LogP contribution is -2.19. The number of furan rings is 1. The summed E-state index contributed by atoms with van der Waals surface area (Å²) >= 11 is 0. The number of aliphatic hydroxyl groups excluding tert-OH is 1. The van der Waals surface area contributed by atoms with Gasteiger partial charge in [-0.25, -0.2) is 0 Å². The molecule has 0 fully saturated rings. The van der Waals surface area contributed by atoms with Gasteiger partial charge in [-0.1, -0.05) is 24.3 Å². The van der Waals surface area contributed by atoms with Crippen molar-refractivity contribution in [3.8, 4) is 0 Å². The van der Waals surface area contributed by atoms with Gasteiger partial charge in [0, 0.05) is 17.3 Å². The Kier molecular flexibility index (Phi) is 3.01. The van der Waals surface area contributed by atoms with E-state index >= 15 is 0 Å². The largest absolute Gasteiger partial charge is 0.456 e. The number of benzene rings is 2. The number of hydrogen-bond donors (Lipinski definition) is 1. The Bertz CT molecular complexity index is 715. The maximum absolute atomic E-state index is 10.2. The second-order valence-electron chi connectivity index (χ2n) is 5.13. The number of nitrogens with zero attached hydrogens (tertiary/aromatic N) is 1. The summed E-state index contributed by atoms with van der Waals surface area (Å²) < 4.78 is 5.78. The highest BCUT2D eigenvalue weighted by Crippen LogP contribution is 2.30. The molecule has 1 aromatic heterocycles. The molecule has 0 amide bonds. The van der Waals surface area contributed by atoms with E-state index < -0.39 is 6.10 Å². The number of hydrogen-bond acceptors (Lipinski definition) is 3. The highest BCUT2D eigenvalue weighted by Gasteiger charge is 2.12. The third-order valence-electron chi connectivity index (χ3n) is 3.32. The summed E-state index contributed by atoms with van der Waals surface area (Å²) in [5, 5.41) is 12.3. The fraction of sp³-hybridized carbons (Fsp3) is 0.250. The van der Waals surface area contributed by atoms with Gasteiger partial charge in [-0.05, 0) is 37.9 Å². The van der Waals surface area contributed by atoms with Crippen LogP contribution in [-0.4, -0.2) is 30.6 Å². The van der Waals surface area contributed by atoms with Crippen LogP contribution in [0, 0.1) is 0 Å². The van der Waals surface area contributed by atoms with E-state index in [0.29, 0.717) is 6.54 Å². The Balaban J connectivity index is 2.11. The molecule has 3 aromatic rings. The number of fused-ring (bicyclic) bond motifs is 3. The lowest BCUT2D eigenvalue weighted by Gasteiger charge is -2.16. The number of likely N-dealkylation sites (N-methyl/N-ethyl adjacent to an activating group) is 1. The van der Waals surface area contributed by atoms with Gasteiger partial charge in [-0.15, -0.1) is 0 Å². The third-order valence-corrected chi connectivity index (χ3v) is 3.32. The highest BCUT2D eigenvalue weighted by atomic mass is 16.3. The molecule has 3 nitrogen and oxygen atoms in total. The second-order valence-corrected chi connectivity index (χ2v) is 5.13. The van der Waals surface area contributed by atoms with Crippen LogP contribution in [0.3, 0.4) is 0 Å². The van der Waals surface area contributed by atoms with Crippen LogP contribution in [0.25, 0.3) is 21.9 Å². The predicted octanol–water partition coefficient (Wildman–Crippen LogP) is 3.18. The Morgan fingerprint density at radius 2 is 1.79 bits per heavy atom. The molecule has 0 bridgehead atoms. The average molecular weight is 255 g/mol. The molecule has 0 saturated heterocycles. The van der Waals surface area contributed by atoms with Crippen molar-refractivity contribution in [2.75, 3.05) is 20.6 Å². The molecule has 1 N–H and O–H groups in total. The van der Waals surface area contributed by atoms with E-state index in [9.17, 15) is 5.11 Å². The molecular formula is C16H17NO2. The van der Waals surface area contributed by atoms with Gasteiger partial charge in [0.05, 0.1) is 6.10 Å². The van der Waals surface area contributed by atoms with E-state index in [4.69, 9.17) is 4.42 Å². The first-order valence-electron chi connectivity index (χ1n) is 6.39. The highest BCUT2D eigenvalue weighted by molar-refractivity contribution is 6.04. The average Bonchev–Trinajstić information content (AvgIpc) is 2.75. The molecule has 3 rings (SSSR count). The minimum Gasteiger partial charge on any atom is -0.456 e. The first-order chi connectivity index (χ1) is 9.15. The summed E-state index contributed by atoms with van der Waals surface area (Å²) in [7, 11) is 3.91. The molecule has 3 heteroatoms. The second kappa shape index (κ2) is 4.68. The molecule has 1 heterocycles. The number of para-hydroxylation sites is 1. The first kappa shape index (κ1) is 12.2. The molecule has 0 saturated carbocycles. The molecule has 0 radical (unpaired) electrons. The minimum absolute atomic E-state index is 0.479. The van der Waals surface area contributed by atoms with Gasteiger partial charge in [0.15, 0.2) is 0 Å². The van der Waals surface area contributed by atoms with Gasteiger partial charge in [-0.2, -0.15) is 0 Å². The van der Waals surface area contributed by atoms with Crippen LogP contribution in [-0.2, 0) is 0 Å². The normalized spacial score (nSPS) is 13.5. The maximum Gasteiger partial charge on any atom is 0.135 e. The van der Waals surface area contributed by atoms with Gasteiger partial charge in [0.25, 0.3) is 0 Å². The fourth-order valence-electron chi connectivity index (χ4n) is 2.40. The summed E-state index contributed by atoms with van der Waals surface area (Å²) in [6, 6.07) is 13.9. The van der Waals surface area contributed by atoms with Gasteiger partial charge in [0.1, 0.15) is 11.2 Å². The molecule has 0 aliphatic carbocycles. The summed E-state index contributed by atoms with van der Waals surface area (Å²) in [6.07, 6.45) is -0.479. The first-order valence-corrected chi connectivity index (χ1v) is 6.39. The SMILES string of the molecule is CN(C)C[C@@H](O)c1ccc2oc3ccccc3c2c1. The summed E-state index contributed by atoms with van der Waals surface area (Å²) in [6.45, 7) is 0.612. The van der Waals surface area contributed by atoms with E-state index in [-0.39, 0.29) is 0 Å². The summed E-state index contributed by atoms with van der Waals surface area (Å²) in [4.78, 5) is 1.97. The summed E-state index contributed by atoms with van der Waals surface area (Å²) in [5.41, 5.74) is 2.67. The van der Waals surface area contributed by atoms with Crippen LogP contribution in [0.15, 0.2) is 46.9 Å². The van der Waals surface area contributed by atoms with Gasteiger partial charge in [-0.3, -0.25) is 0 Å². The Labute approximate surface area is 112 Å². The zero-order valence-electron chi connectivity index (χ0n) is 11.1. The Hall–Kier alpha value is -1.84. The van der Waals surface area contributed by atoms with E-state index in [0.717, 1.165) is 27.5 Å². The topological polar surface area (TPSA) is 36.6 Å². The molecule has 0 unspecified atom stereocenters. The maximum atomic E-state index is 10.2. The van der Waals surface area contributed by atoms with Crippen LogP contribution in [0.4, 0.5) is 0 Å². The Morgan fingerprint density at radius 1 is 1.05 bits per heavy atom. The van der Waals surface area contributed by atoms with Crippen LogP contribution >= 0.6 is 0 Å². The van der Waals surface area contributed by atoms with E-state index in [1.165, 1.54) is 0 Å².